The predicted molar refractivity (Wildman–Crippen MR) is 79.8 cm³/mol. The van der Waals surface area contributed by atoms with Crippen molar-refractivity contribution in [3.05, 3.63) is 22.7 Å². The third kappa shape index (κ3) is 3.13. The average Bonchev–Trinajstić information content (AvgIpc) is 2.81. The summed E-state index contributed by atoms with van der Waals surface area (Å²) < 4.78 is 11.9. The number of nitrogens with zero attached hydrogens (tertiary/aromatic N) is 1. The summed E-state index contributed by atoms with van der Waals surface area (Å²) in [5.74, 6) is 0. The smallest absolute Gasteiger partial charge is 0.295 e. The second-order valence-electron chi connectivity index (χ2n) is 5.19. The zero-order valence-corrected chi connectivity index (χ0v) is 12.6. The standard InChI is InChI=1S/C14H17BrN2O3/c15-10-2-3-12-11(8-10)17-13(20-12)16-6-5-14(18)4-1-7-19-9-14/h2-3,8,18H,1,4-7,9H2,(H,16,17). The normalized spacial score (nSPS) is 23.1. The van der Waals surface area contributed by atoms with Crippen LogP contribution in [0.5, 0.6) is 0 Å². The molecule has 2 N–H and O–H groups in total. The van der Waals surface area contributed by atoms with Crippen LogP contribution in [-0.2, 0) is 4.74 Å². The summed E-state index contributed by atoms with van der Waals surface area (Å²) in [5, 5.41) is 13.4. The maximum Gasteiger partial charge on any atom is 0.295 e. The molecule has 1 aromatic heterocycles. The molecule has 6 heteroatoms. The van der Waals surface area contributed by atoms with Crippen LogP contribution in [0.15, 0.2) is 27.1 Å². The van der Waals surface area contributed by atoms with Crippen LogP contribution >= 0.6 is 15.9 Å². The number of anilines is 1. The number of aliphatic hydroxyl groups is 1. The van der Waals surface area contributed by atoms with Gasteiger partial charge in [-0.2, -0.15) is 4.98 Å². The number of aromatic nitrogens is 1. The van der Waals surface area contributed by atoms with Gasteiger partial charge in [0.25, 0.3) is 6.01 Å². The largest absolute Gasteiger partial charge is 0.424 e. The number of rotatable bonds is 4. The van der Waals surface area contributed by atoms with E-state index < -0.39 is 5.60 Å². The van der Waals surface area contributed by atoms with Gasteiger partial charge in [-0.3, -0.25) is 0 Å². The SMILES string of the molecule is OC1(CCNc2nc3cc(Br)ccc3o2)CCCOC1. The molecule has 2 aromatic rings. The van der Waals surface area contributed by atoms with Gasteiger partial charge in [-0.05, 0) is 37.5 Å². The molecule has 1 aliphatic heterocycles. The van der Waals surface area contributed by atoms with Gasteiger partial charge in [-0.15, -0.1) is 0 Å². The molecule has 1 fully saturated rings. The van der Waals surface area contributed by atoms with E-state index in [4.69, 9.17) is 9.15 Å². The van der Waals surface area contributed by atoms with E-state index in [9.17, 15) is 5.11 Å². The molecule has 3 rings (SSSR count). The molecule has 1 saturated heterocycles. The Labute approximate surface area is 125 Å². The lowest BCUT2D eigenvalue weighted by atomic mass is 9.93. The van der Waals surface area contributed by atoms with E-state index in [1.807, 2.05) is 18.2 Å². The molecule has 1 aliphatic rings. The first-order valence-corrected chi connectivity index (χ1v) is 7.54. The summed E-state index contributed by atoms with van der Waals surface area (Å²) in [5.41, 5.74) is 0.831. The van der Waals surface area contributed by atoms with Gasteiger partial charge in [-0.25, -0.2) is 0 Å². The maximum atomic E-state index is 10.3. The van der Waals surface area contributed by atoms with E-state index in [1.54, 1.807) is 0 Å². The van der Waals surface area contributed by atoms with Crippen molar-refractivity contribution in [3.8, 4) is 0 Å². The number of hydrogen-bond donors (Lipinski definition) is 2. The number of halogens is 1. The van der Waals surface area contributed by atoms with Crippen molar-refractivity contribution in [1.82, 2.24) is 4.98 Å². The van der Waals surface area contributed by atoms with E-state index in [-0.39, 0.29) is 0 Å². The van der Waals surface area contributed by atoms with Crippen LogP contribution in [0.1, 0.15) is 19.3 Å². The highest BCUT2D eigenvalue weighted by Crippen LogP contribution is 2.24. The number of oxazole rings is 1. The molecule has 1 atom stereocenters. The zero-order valence-electron chi connectivity index (χ0n) is 11.1. The lowest BCUT2D eigenvalue weighted by Gasteiger charge is -2.31. The molecule has 2 heterocycles. The summed E-state index contributed by atoms with van der Waals surface area (Å²) in [7, 11) is 0. The van der Waals surface area contributed by atoms with E-state index in [0.717, 1.165) is 35.0 Å². The Morgan fingerprint density at radius 2 is 2.35 bits per heavy atom. The van der Waals surface area contributed by atoms with Crippen molar-refractivity contribution in [2.45, 2.75) is 24.9 Å². The topological polar surface area (TPSA) is 67.5 Å². The van der Waals surface area contributed by atoms with E-state index in [0.29, 0.717) is 25.6 Å². The highest BCUT2D eigenvalue weighted by Gasteiger charge is 2.29. The molecule has 0 radical (unpaired) electrons. The Bertz CT molecular complexity index is 593. The molecule has 1 unspecified atom stereocenters. The summed E-state index contributed by atoms with van der Waals surface area (Å²) in [6.07, 6.45) is 2.32. The third-order valence-electron chi connectivity index (χ3n) is 3.52. The molecular formula is C14H17BrN2O3. The predicted octanol–water partition coefficient (Wildman–Crippen LogP) is 2.93. The lowest BCUT2D eigenvalue weighted by molar-refractivity contribution is -0.0875. The molecule has 0 spiro atoms. The summed E-state index contributed by atoms with van der Waals surface area (Å²) in [6.45, 7) is 1.76. The second kappa shape index (κ2) is 5.71. The molecule has 5 nitrogen and oxygen atoms in total. The highest BCUT2D eigenvalue weighted by atomic mass is 79.9. The monoisotopic (exact) mass is 340 g/mol. The Balaban J connectivity index is 1.59. The van der Waals surface area contributed by atoms with Crippen LogP contribution in [0.2, 0.25) is 0 Å². The fraction of sp³-hybridized carbons (Fsp3) is 0.500. The van der Waals surface area contributed by atoms with E-state index >= 15 is 0 Å². The summed E-state index contributed by atoms with van der Waals surface area (Å²) >= 11 is 3.40. The van der Waals surface area contributed by atoms with Gasteiger partial charge in [0.2, 0.25) is 0 Å². The number of nitrogens with one attached hydrogen (secondary N) is 1. The van der Waals surface area contributed by atoms with Crippen molar-refractivity contribution in [1.29, 1.82) is 0 Å². The quantitative estimate of drug-likeness (QED) is 0.895. The number of benzene rings is 1. The number of fused-ring (bicyclic) bond motifs is 1. The van der Waals surface area contributed by atoms with Gasteiger partial charge in [-0.1, -0.05) is 15.9 Å². The molecule has 0 amide bonds. The Hall–Kier alpha value is -1.11. The van der Waals surface area contributed by atoms with E-state index in [2.05, 4.69) is 26.2 Å². The maximum absolute atomic E-state index is 10.3. The Kier molecular flexibility index (Phi) is 3.96. The number of ether oxygens (including phenoxy) is 1. The summed E-state index contributed by atoms with van der Waals surface area (Å²) in [4.78, 5) is 4.36. The first kappa shape index (κ1) is 13.9. The third-order valence-corrected chi connectivity index (χ3v) is 4.01. The molecular weight excluding hydrogens is 324 g/mol. The average molecular weight is 341 g/mol. The minimum Gasteiger partial charge on any atom is -0.424 e. The van der Waals surface area contributed by atoms with Crippen molar-refractivity contribution in [2.24, 2.45) is 0 Å². The molecule has 0 saturated carbocycles. The minimum atomic E-state index is -0.722. The van der Waals surface area contributed by atoms with Crippen LogP contribution in [-0.4, -0.2) is 35.5 Å². The second-order valence-corrected chi connectivity index (χ2v) is 6.10. The van der Waals surface area contributed by atoms with Crippen LogP contribution in [0.25, 0.3) is 11.1 Å². The minimum absolute atomic E-state index is 0.412. The van der Waals surface area contributed by atoms with Crippen molar-refractivity contribution >= 4 is 33.0 Å². The van der Waals surface area contributed by atoms with Crippen LogP contribution < -0.4 is 5.32 Å². The van der Waals surface area contributed by atoms with Gasteiger partial charge in [0.1, 0.15) is 5.52 Å². The fourth-order valence-corrected chi connectivity index (χ4v) is 2.76. The molecule has 108 valence electrons. The van der Waals surface area contributed by atoms with Crippen LogP contribution in [0.4, 0.5) is 6.01 Å². The fourth-order valence-electron chi connectivity index (χ4n) is 2.41. The molecule has 0 bridgehead atoms. The molecule has 1 aromatic carbocycles. The zero-order chi connectivity index (χ0) is 14.0. The first-order chi connectivity index (χ1) is 9.65. The van der Waals surface area contributed by atoms with Gasteiger partial charge >= 0.3 is 0 Å². The Morgan fingerprint density at radius 3 is 3.15 bits per heavy atom. The van der Waals surface area contributed by atoms with Gasteiger partial charge in [0, 0.05) is 17.6 Å². The van der Waals surface area contributed by atoms with E-state index in [1.165, 1.54) is 0 Å². The van der Waals surface area contributed by atoms with Crippen molar-refractivity contribution in [2.75, 3.05) is 25.1 Å². The van der Waals surface area contributed by atoms with Gasteiger partial charge in [0.05, 0.1) is 12.2 Å². The number of hydrogen-bond acceptors (Lipinski definition) is 5. The summed E-state index contributed by atoms with van der Waals surface area (Å²) in [6, 6.07) is 6.19. The highest BCUT2D eigenvalue weighted by molar-refractivity contribution is 9.10. The molecule has 0 aliphatic carbocycles. The van der Waals surface area contributed by atoms with Gasteiger partial charge < -0.3 is 19.6 Å². The van der Waals surface area contributed by atoms with Crippen molar-refractivity contribution < 1.29 is 14.3 Å². The van der Waals surface area contributed by atoms with Gasteiger partial charge in [0.15, 0.2) is 5.58 Å². The lowest BCUT2D eigenvalue weighted by Crippen LogP contribution is -2.40. The Morgan fingerprint density at radius 1 is 1.45 bits per heavy atom. The molecule has 20 heavy (non-hydrogen) atoms. The van der Waals surface area contributed by atoms with Crippen molar-refractivity contribution in [3.63, 3.8) is 0 Å². The van der Waals surface area contributed by atoms with Crippen LogP contribution in [0.3, 0.4) is 0 Å². The van der Waals surface area contributed by atoms with Crippen LogP contribution in [0, 0.1) is 0 Å². The first-order valence-electron chi connectivity index (χ1n) is 6.75.